The van der Waals surface area contributed by atoms with E-state index in [1.54, 1.807) is 0 Å². The van der Waals surface area contributed by atoms with Gasteiger partial charge in [-0.3, -0.25) is 0 Å². The number of amides is 1. The van der Waals surface area contributed by atoms with E-state index >= 15 is 0 Å². The van der Waals surface area contributed by atoms with E-state index < -0.39 is 38.9 Å². The second-order valence-electron chi connectivity index (χ2n) is 6.73. The molecule has 0 heterocycles. The Balaban J connectivity index is 2.68. The van der Waals surface area contributed by atoms with Crippen LogP contribution < -0.4 is 5.32 Å². The molecule has 1 aliphatic rings. The zero-order valence-electron chi connectivity index (χ0n) is 15.2. The van der Waals surface area contributed by atoms with Crippen molar-refractivity contribution >= 4 is 21.9 Å². The first-order chi connectivity index (χ1) is 11.8. The quantitative estimate of drug-likeness (QED) is 0.606. The van der Waals surface area contributed by atoms with E-state index in [1.165, 1.54) is 0 Å². The van der Waals surface area contributed by atoms with Crippen molar-refractivity contribution in [2.45, 2.75) is 89.0 Å². The summed E-state index contributed by atoms with van der Waals surface area (Å²) in [4.78, 5) is 23.4. The highest BCUT2D eigenvalue weighted by Gasteiger charge is 2.32. The Morgan fingerprint density at radius 3 is 2.16 bits per heavy atom. The first-order valence-electron chi connectivity index (χ1n) is 9.21. The fraction of sp³-hybridized carbons (Fsp3) is 0.882. The van der Waals surface area contributed by atoms with Crippen LogP contribution in [-0.4, -0.2) is 48.7 Å². The second kappa shape index (κ2) is 10.6. The zero-order chi connectivity index (χ0) is 18.9. The Labute approximate surface area is 150 Å². The predicted molar refractivity (Wildman–Crippen MR) is 95.3 cm³/mol. The molecule has 1 saturated carbocycles. The average molecular weight is 378 g/mol. The first-order valence-corrected chi connectivity index (χ1v) is 10.9. The molecule has 146 valence electrons. The predicted octanol–water partition coefficient (Wildman–Crippen LogP) is 2.88. The van der Waals surface area contributed by atoms with Crippen LogP contribution in [0.2, 0.25) is 0 Å². The van der Waals surface area contributed by atoms with Gasteiger partial charge in [-0.05, 0) is 38.5 Å². The number of carbonyl (C=O) groups excluding carboxylic acids is 1. The van der Waals surface area contributed by atoms with Crippen LogP contribution in [0.1, 0.15) is 71.6 Å². The van der Waals surface area contributed by atoms with Crippen LogP contribution in [0.4, 0.5) is 4.79 Å². The molecule has 0 saturated heterocycles. The molecule has 2 N–H and O–H groups in total. The van der Waals surface area contributed by atoms with Crippen molar-refractivity contribution in [2.75, 3.05) is 5.75 Å². The standard InChI is InChI=1S/C17H31NO6S/c1-3-8-14(9-4-2)25(22,23)12-15(16(19)20)18-17(21)24-13-10-6-5-7-11-13/h13-15H,3-12H2,1-2H3,(H,18,21)(H,19,20)/t15-/m0/s1. The number of alkyl carbamates (subject to hydrolysis) is 1. The van der Waals surface area contributed by atoms with E-state index in [1.807, 2.05) is 13.8 Å². The fourth-order valence-electron chi connectivity index (χ4n) is 3.20. The van der Waals surface area contributed by atoms with Gasteiger partial charge >= 0.3 is 12.1 Å². The number of nitrogens with one attached hydrogen (secondary N) is 1. The van der Waals surface area contributed by atoms with Crippen LogP contribution in [0.15, 0.2) is 0 Å². The molecule has 1 rings (SSSR count). The number of hydrogen-bond acceptors (Lipinski definition) is 5. The maximum Gasteiger partial charge on any atom is 0.408 e. The molecule has 1 fully saturated rings. The number of sulfone groups is 1. The van der Waals surface area contributed by atoms with Gasteiger partial charge in [0, 0.05) is 0 Å². The van der Waals surface area contributed by atoms with Gasteiger partial charge in [-0.25, -0.2) is 18.0 Å². The highest BCUT2D eigenvalue weighted by Crippen LogP contribution is 2.20. The summed E-state index contributed by atoms with van der Waals surface area (Å²) in [5.74, 6) is -1.97. The number of hydrogen-bond donors (Lipinski definition) is 2. The minimum atomic E-state index is -3.62. The highest BCUT2D eigenvalue weighted by atomic mass is 32.2. The molecule has 0 unspecified atom stereocenters. The van der Waals surface area contributed by atoms with Gasteiger partial charge < -0.3 is 15.2 Å². The summed E-state index contributed by atoms with van der Waals surface area (Å²) < 4.78 is 30.3. The van der Waals surface area contributed by atoms with Crippen molar-refractivity contribution < 1.29 is 27.9 Å². The Bertz CT molecular complexity index is 521. The van der Waals surface area contributed by atoms with Crippen LogP contribution in [0, 0.1) is 0 Å². The highest BCUT2D eigenvalue weighted by molar-refractivity contribution is 7.92. The van der Waals surface area contributed by atoms with Crippen molar-refractivity contribution in [1.29, 1.82) is 0 Å². The van der Waals surface area contributed by atoms with E-state index in [4.69, 9.17) is 4.74 Å². The van der Waals surface area contributed by atoms with E-state index in [2.05, 4.69) is 5.32 Å². The third-order valence-electron chi connectivity index (χ3n) is 4.54. The summed E-state index contributed by atoms with van der Waals surface area (Å²) in [7, 11) is -3.62. The molecule has 0 bridgehead atoms. The Morgan fingerprint density at radius 1 is 1.12 bits per heavy atom. The molecular weight excluding hydrogens is 346 g/mol. The number of ether oxygens (including phenoxy) is 1. The van der Waals surface area contributed by atoms with Gasteiger partial charge in [-0.1, -0.05) is 33.1 Å². The Kier molecular flexibility index (Phi) is 9.24. The molecule has 0 aliphatic heterocycles. The minimum absolute atomic E-state index is 0.215. The lowest BCUT2D eigenvalue weighted by molar-refractivity contribution is -0.138. The molecule has 0 radical (unpaired) electrons. The number of carbonyl (C=O) groups is 2. The summed E-state index contributed by atoms with van der Waals surface area (Å²) in [5, 5.41) is 10.9. The second-order valence-corrected chi connectivity index (χ2v) is 9.06. The van der Waals surface area contributed by atoms with Crippen molar-refractivity contribution in [3.63, 3.8) is 0 Å². The lowest BCUT2D eigenvalue weighted by Crippen LogP contribution is -2.47. The number of aliphatic carboxylic acids is 1. The number of carboxylic acids is 1. The summed E-state index contributed by atoms with van der Waals surface area (Å²) in [5.41, 5.74) is 0. The normalized spacial score (nSPS) is 17.2. The zero-order valence-corrected chi connectivity index (χ0v) is 16.0. The third kappa shape index (κ3) is 7.63. The van der Waals surface area contributed by atoms with E-state index in [-0.39, 0.29) is 6.10 Å². The fourth-order valence-corrected chi connectivity index (χ4v) is 5.35. The topological polar surface area (TPSA) is 110 Å². The van der Waals surface area contributed by atoms with Gasteiger partial charge in [0.1, 0.15) is 12.1 Å². The molecule has 1 atom stereocenters. The maximum atomic E-state index is 12.5. The summed E-state index contributed by atoms with van der Waals surface area (Å²) in [6.45, 7) is 3.79. The first kappa shape index (κ1) is 21.7. The summed E-state index contributed by atoms with van der Waals surface area (Å²) in [6.07, 6.45) is 5.92. The lowest BCUT2D eigenvalue weighted by atomic mass is 9.98. The van der Waals surface area contributed by atoms with Gasteiger partial charge in [0.05, 0.1) is 11.0 Å². The van der Waals surface area contributed by atoms with Crippen LogP contribution >= 0.6 is 0 Å². The average Bonchev–Trinajstić information content (AvgIpc) is 2.54. The van der Waals surface area contributed by atoms with E-state index in [0.717, 1.165) is 32.1 Å². The molecule has 0 aromatic rings. The Morgan fingerprint density at radius 2 is 1.68 bits per heavy atom. The molecule has 0 aromatic heterocycles. The maximum absolute atomic E-state index is 12.5. The SMILES string of the molecule is CCCC(CCC)S(=O)(=O)C[C@H](NC(=O)OC1CCCCC1)C(=O)O. The van der Waals surface area contributed by atoms with Gasteiger partial charge in [-0.15, -0.1) is 0 Å². The molecule has 1 aliphatic carbocycles. The number of carboxylic acid groups (broad SMARTS) is 1. The lowest BCUT2D eigenvalue weighted by Gasteiger charge is -2.24. The van der Waals surface area contributed by atoms with Crippen LogP contribution in [0.5, 0.6) is 0 Å². The van der Waals surface area contributed by atoms with Crippen molar-refractivity contribution in [2.24, 2.45) is 0 Å². The monoisotopic (exact) mass is 377 g/mol. The molecule has 0 aromatic carbocycles. The van der Waals surface area contributed by atoms with Crippen LogP contribution in [-0.2, 0) is 19.4 Å². The van der Waals surface area contributed by atoms with Gasteiger partial charge in [0.25, 0.3) is 0 Å². The molecule has 7 nitrogen and oxygen atoms in total. The molecule has 0 spiro atoms. The largest absolute Gasteiger partial charge is 0.480 e. The number of rotatable bonds is 10. The van der Waals surface area contributed by atoms with Crippen molar-refractivity contribution in [3.05, 3.63) is 0 Å². The molecular formula is C17H31NO6S. The van der Waals surface area contributed by atoms with Crippen LogP contribution in [0.3, 0.4) is 0 Å². The summed E-state index contributed by atoms with van der Waals surface area (Å²) >= 11 is 0. The third-order valence-corrected chi connectivity index (χ3v) is 6.83. The minimum Gasteiger partial charge on any atom is -0.480 e. The summed E-state index contributed by atoms with van der Waals surface area (Å²) in [6, 6.07) is -1.49. The Hall–Kier alpha value is -1.31. The van der Waals surface area contributed by atoms with Crippen LogP contribution in [0.25, 0.3) is 0 Å². The van der Waals surface area contributed by atoms with Crippen molar-refractivity contribution in [3.8, 4) is 0 Å². The molecule has 1 amide bonds. The molecule has 25 heavy (non-hydrogen) atoms. The van der Waals surface area contributed by atoms with Gasteiger partial charge in [0.2, 0.25) is 0 Å². The van der Waals surface area contributed by atoms with Gasteiger partial charge in [-0.2, -0.15) is 0 Å². The molecule has 8 heteroatoms. The van der Waals surface area contributed by atoms with E-state index in [0.29, 0.717) is 25.7 Å². The smallest absolute Gasteiger partial charge is 0.408 e. The van der Waals surface area contributed by atoms with Gasteiger partial charge in [0.15, 0.2) is 9.84 Å². The van der Waals surface area contributed by atoms with E-state index in [9.17, 15) is 23.1 Å². The van der Waals surface area contributed by atoms with Crippen molar-refractivity contribution in [1.82, 2.24) is 5.32 Å².